The van der Waals surface area contributed by atoms with Crippen LogP contribution in [-0.2, 0) is 0 Å². The molecule has 0 aliphatic carbocycles. The Balaban J connectivity index is 0.00000324. The molecule has 1 aromatic heterocycles. The largest absolute Gasteiger partial charge is 0.491 e. The van der Waals surface area contributed by atoms with Gasteiger partial charge in [0.05, 0.1) is 13.3 Å². The molecular weight excluding hydrogens is 260 g/mol. The molecule has 0 aliphatic heterocycles. The Morgan fingerprint density at radius 1 is 1.58 bits per heavy atom. The Labute approximate surface area is 122 Å². The van der Waals surface area contributed by atoms with E-state index in [0.29, 0.717) is 17.6 Å². The SMILES string of the molecule is C=CC[C@H](CCCC)Nc1nc(N)ncc1OC.S. The average Bonchev–Trinajstić information content (AvgIpc) is 2.36. The zero-order chi connectivity index (χ0) is 13.4. The molecule has 1 aromatic rings. The predicted octanol–water partition coefficient (Wildman–Crippen LogP) is 2.73. The second kappa shape index (κ2) is 9.49. The Morgan fingerprint density at radius 2 is 2.32 bits per heavy atom. The van der Waals surface area contributed by atoms with Gasteiger partial charge in [0, 0.05) is 6.04 Å². The second-order valence-electron chi connectivity index (χ2n) is 4.15. The lowest BCUT2D eigenvalue weighted by Crippen LogP contribution is -2.20. The van der Waals surface area contributed by atoms with Gasteiger partial charge in [0.15, 0.2) is 11.6 Å². The molecule has 0 bridgehead atoms. The highest BCUT2D eigenvalue weighted by Crippen LogP contribution is 2.23. The summed E-state index contributed by atoms with van der Waals surface area (Å²) in [4.78, 5) is 8.08. The van der Waals surface area contributed by atoms with E-state index >= 15 is 0 Å². The van der Waals surface area contributed by atoms with Gasteiger partial charge in [0.2, 0.25) is 5.95 Å². The number of anilines is 2. The van der Waals surface area contributed by atoms with Crippen LogP contribution in [0, 0.1) is 0 Å². The van der Waals surface area contributed by atoms with Gasteiger partial charge in [-0.2, -0.15) is 18.5 Å². The van der Waals surface area contributed by atoms with Gasteiger partial charge in [-0.3, -0.25) is 0 Å². The normalized spacial score (nSPS) is 11.3. The standard InChI is InChI=1S/C13H22N4O.H2S/c1-4-6-8-10(7-5-2)16-12-11(18-3)9-15-13(14)17-12;/h5,9-10H,2,4,6-8H2,1,3H3,(H3,14,15,16,17);1H2/t10-;/m1./s1. The van der Waals surface area contributed by atoms with E-state index in [4.69, 9.17) is 10.5 Å². The first-order chi connectivity index (χ1) is 8.71. The molecule has 0 amide bonds. The number of nitrogens with two attached hydrogens (primary N) is 1. The molecule has 1 atom stereocenters. The summed E-state index contributed by atoms with van der Waals surface area (Å²) in [6.07, 6.45) is 7.76. The fraction of sp³-hybridized carbons (Fsp3) is 0.538. The van der Waals surface area contributed by atoms with Gasteiger partial charge in [0.1, 0.15) is 0 Å². The molecule has 0 aliphatic rings. The molecule has 1 rings (SSSR count). The van der Waals surface area contributed by atoms with Crippen molar-refractivity contribution < 1.29 is 4.74 Å². The molecule has 19 heavy (non-hydrogen) atoms. The molecule has 0 aromatic carbocycles. The Hall–Kier alpha value is -1.43. The van der Waals surface area contributed by atoms with E-state index in [-0.39, 0.29) is 19.4 Å². The Bertz CT molecular complexity index is 387. The maximum atomic E-state index is 5.59. The third-order valence-electron chi connectivity index (χ3n) is 2.69. The number of hydrogen-bond acceptors (Lipinski definition) is 5. The van der Waals surface area contributed by atoms with Crippen molar-refractivity contribution >= 4 is 25.3 Å². The first-order valence-corrected chi connectivity index (χ1v) is 6.25. The van der Waals surface area contributed by atoms with E-state index in [9.17, 15) is 0 Å². The molecule has 0 unspecified atom stereocenters. The van der Waals surface area contributed by atoms with Crippen LogP contribution < -0.4 is 15.8 Å². The van der Waals surface area contributed by atoms with Gasteiger partial charge in [-0.1, -0.05) is 25.8 Å². The maximum Gasteiger partial charge on any atom is 0.222 e. The highest BCUT2D eigenvalue weighted by atomic mass is 32.1. The molecular formula is C13H24N4OS. The predicted molar refractivity (Wildman–Crippen MR) is 85.1 cm³/mol. The van der Waals surface area contributed by atoms with Gasteiger partial charge < -0.3 is 15.8 Å². The summed E-state index contributed by atoms with van der Waals surface area (Å²) in [5.41, 5.74) is 5.59. The Kier molecular flexibility index (Phi) is 8.78. The minimum Gasteiger partial charge on any atom is -0.491 e. The summed E-state index contributed by atoms with van der Waals surface area (Å²) < 4.78 is 5.21. The van der Waals surface area contributed by atoms with Crippen LogP contribution in [-0.4, -0.2) is 23.1 Å². The van der Waals surface area contributed by atoms with E-state index in [1.54, 1.807) is 13.3 Å². The van der Waals surface area contributed by atoms with Crippen molar-refractivity contribution in [2.24, 2.45) is 0 Å². The molecule has 0 spiro atoms. The topological polar surface area (TPSA) is 73.1 Å². The first-order valence-electron chi connectivity index (χ1n) is 6.25. The third-order valence-corrected chi connectivity index (χ3v) is 2.69. The van der Waals surface area contributed by atoms with Crippen molar-refractivity contribution in [2.75, 3.05) is 18.2 Å². The lowest BCUT2D eigenvalue weighted by molar-refractivity contribution is 0.412. The summed E-state index contributed by atoms with van der Waals surface area (Å²) in [6.45, 7) is 5.96. The average molecular weight is 284 g/mol. The minimum atomic E-state index is 0. The Morgan fingerprint density at radius 3 is 2.89 bits per heavy atom. The third kappa shape index (κ3) is 5.83. The van der Waals surface area contributed by atoms with Crippen LogP contribution in [0.15, 0.2) is 18.9 Å². The molecule has 6 heteroatoms. The number of aromatic nitrogens is 2. The lowest BCUT2D eigenvalue weighted by atomic mass is 10.1. The zero-order valence-corrected chi connectivity index (χ0v) is 12.6. The summed E-state index contributed by atoms with van der Waals surface area (Å²) in [5.74, 6) is 1.49. The minimum absolute atomic E-state index is 0. The molecule has 5 nitrogen and oxygen atoms in total. The molecule has 1 heterocycles. The lowest BCUT2D eigenvalue weighted by Gasteiger charge is -2.19. The van der Waals surface area contributed by atoms with E-state index in [0.717, 1.165) is 19.3 Å². The quantitative estimate of drug-likeness (QED) is 0.718. The molecule has 0 saturated carbocycles. The van der Waals surface area contributed by atoms with Gasteiger partial charge in [-0.05, 0) is 12.8 Å². The second-order valence-corrected chi connectivity index (χ2v) is 4.15. The zero-order valence-electron chi connectivity index (χ0n) is 11.6. The molecule has 0 fully saturated rings. The van der Waals surface area contributed by atoms with Crippen LogP contribution in [0.4, 0.5) is 11.8 Å². The molecule has 0 radical (unpaired) electrons. The molecule has 0 saturated heterocycles. The highest BCUT2D eigenvalue weighted by molar-refractivity contribution is 7.59. The number of hydrogen-bond donors (Lipinski definition) is 2. The van der Waals surface area contributed by atoms with Gasteiger partial charge in [-0.25, -0.2) is 4.98 Å². The van der Waals surface area contributed by atoms with Crippen LogP contribution in [0.3, 0.4) is 0 Å². The van der Waals surface area contributed by atoms with Gasteiger partial charge in [-0.15, -0.1) is 6.58 Å². The van der Waals surface area contributed by atoms with Crippen molar-refractivity contribution in [1.82, 2.24) is 9.97 Å². The van der Waals surface area contributed by atoms with E-state index in [2.05, 4.69) is 28.8 Å². The van der Waals surface area contributed by atoms with Crippen LogP contribution in [0.5, 0.6) is 5.75 Å². The summed E-state index contributed by atoms with van der Waals surface area (Å²) >= 11 is 0. The van der Waals surface area contributed by atoms with Crippen molar-refractivity contribution in [3.63, 3.8) is 0 Å². The van der Waals surface area contributed by atoms with Crippen LogP contribution in [0.1, 0.15) is 32.6 Å². The number of unbranched alkanes of at least 4 members (excludes halogenated alkanes) is 1. The number of ether oxygens (including phenoxy) is 1. The van der Waals surface area contributed by atoms with Crippen LogP contribution >= 0.6 is 13.5 Å². The van der Waals surface area contributed by atoms with Crippen molar-refractivity contribution in [3.05, 3.63) is 18.9 Å². The molecule has 3 N–H and O–H groups in total. The van der Waals surface area contributed by atoms with Crippen molar-refractivity contribution in [2.45, 2.75) is 38.6 Å². The summed E-state index contributed by atoms with van der Waals surface area (Å²) in [6, 6.07) is 0.297. The summed E-state index contributed by atoms with van der Waals surface area (Å²) in [5, 5.41) is 3.35. The number of nitrogen functional groups attached to an aromatic ring is 1. The van der Waals surface area contributed by atoms with E-state index in [1.807, 2.05) is 6.08 Å². The van der Waals surface area contributed by atoms with E-state index < -0.39 is 0 Å². The number of nitrogens with one attached hydrogen (secondary N) is 1. The van der Waals surface area contributed by atoms with E-state index in [1.165, 1.54) is 6.42 Å². The first kappa shape index (κ1) is 17.6. The fourth-order valence-corrected chi connectivity index (χ4v) is 1.73. The van der Waals surface area contributed by atoms with Gasteiger partial charge in [0.25, 0.3) is 0 Å². The number of nitrogens with zero attached hydrogens (tertiary/aromatic N) is 2. The smallest absolute Gasteiger partial charge is 0.222 e. The van der Waals surface area contributed by atoms with Crippen LogP contribution in [0.25, 0.3) is 0 Å². The van der Waals surface area contributed by atoms with Crippen molar-refractivity contribution in [1.29, 1.82) is 0 Å². The van der Waals surface area contributed by atoms with Crippen LogP contribution in [0.2, 0.25) is 0 Å². The van der Waals surface area contributed by atoms with Crippen molar-refractivity contribution in [3.8, 4) is 5.75 Å². The monoisotopic (exact) mass is 284 g/mol. The number of methoxy groups -OCH3 is 1. The number of rotatable bonds is 8. The molecule has 108 valence electrons. The van der Waals surface area contributed by atoms with Gasteiger partial charge >= 0.3 is 0 Å². The summed E-state index contributed by atoms with van der Waals surface area (Å²) in [7, 11) is 1.59. The maximum absolute atomic E-state index is 5.59. The highest BCUT2D eigenvalue weighted by Gasteiger charge is 2.12. The fourth-order valence-electron chi connectivity index (χ4n) is 1.73.